The van der Waals surface area contributed by atoms with Crippen molar-refractivity contribution >= 4 is 17.3 Å². The Morgan fingerprint density at radius 1 is 0.833 bits per heavy atom. The molecule has 0 radical (unpaired) electrons. The summed E-state index contributed by atoms with van der Waals surface area (Å²) < 4.78 is 4.82. The summed E-state index contributed by atoms with van der Waals surface area (Å²) in [4.78, 5) is 11.8. The van der Waals surface area contributed by atoms with Crippen LogP contribution in [0, 0.1) is 0 Å². The van der Waals surface area contributed by atoms with Gasteiger partial charge in [-0.2, -0.15) is 0 Å². The number of anilines is 2. The van der Waals surface area contributed by atoms with Gasteiger partial charge in [0.05, 0.1) is 18.4 Å². The number of para-hydroxylation sites is 1. The van der Waals surface area contributed by atoms with Crippen LogP contribution in [0.5, 0.6) is 0 Å². The number of benzene rings is 3. The van der Waals surface area contributed by atoms with Gasteiger partial charge in [-0.15, -0.1) is 0 Å². The molecule has 0 saturated carbocycles. The maximum absolute atomic E-state index is 11.8. The highest BCUT2D eigenvalue weighted by atomic mass is 16.5. The fourth-order valence-electron chi connectivity index (χ4n) is 2.57. The molecule has 3 aromatic rings. The van der Waals surface area contributed by atoms with Crippen molar-refractivity contribution in [2.45, 2.75) is 6.42 Å². The van der Waals surface area contributed by atoms with E-state index < -0.39 is 0 Å². The lowest BCUT2D eigenvalue weighted by Crippen LogP contribution is -2.05. The summed E-state index contributed by atoms with van der Waals surface area (Å²) >= 11 is 0. The van der Waals surface area contributed by atoms with Crippen LogP contribution in [0.25, 0.3) is 0 Å². The number of methoxy groups -OCH3 is 1. The van der Waals surface area contributed by atoms with Crippen LogP contribution in [-0.2, 0) is 11.2 Å². The first-order valence-electron chi connectivity index (χ1n) is 7.83. The van der Waals surface area contributed by atoms with E-state index in [1.165, 1.54) is 18.2 Å². The SMILES string of the molecule is COC(=O)c1ccccc1Nc1ccc(Cc2ccccc2)cc1. The maximum Gasteiger partial charge on any atom is 0.339 e. The van der Waals surface area contributed by atoms with Crippen molar-refractivity contribution in [1.29, 1.82) is 0 Å². The Bertz CT molecular complexity index is 811. The summed E-state index contributed by atoms with van der Waals surface area (Å²) in [5.41, 5.74) is 4.72. The molecule has 0 unspecified atom stereocenters. The molecule has 0 aromatic heterocycles. The summed E-state index contributed by atoms with van der Waals surface area (Å²) in [6, 6.07) is 25.9. The van der Waals surface area contributed by atoms with E-state index in [9.17, 15) is 4.79 Å². The second-order valence-electron chi connectivity index (χ2n) is 5.52. The third kappa shape index (κ3) is 3.82. The van der Waals surface area contributed by atoms with E-state index in [1.807, 2.05) is 36.4 Å². The molecule has 0 spiro atoms. The van der Waals surface area contributed by atoms with Crippen LogP contribution in [0.4, 0.5) is 11.4 Å². The molecule has 0 amide bonds. The highest BCUT2D eigenvalue weighted by Crippen LogP contribution is 2.22. The van der Waals surface area contributed by atoms with Gasteiger partial charge in [0.25, 0.3) is 0 Å². The molecule has 24 heavy (non-hydrogen) atoms. The average Bonchev–Trinajstić information content (AvgIpc) is 2.64. The molecule has 0 saturated heterocycles. The van der Waals surface area contributed by atoms with Gasteiger partial charge in [0.15, 0.2) is 0 Å². The van der Waals surface area contributed by atoms with Crippen LogP contribution in [0.1, 0.15) is 21.5 Å². The Hall–Kier alpha value is -3.07. The Morgan fingerprint density at radius 3 is 2.17 bits per heavy atom. The van der Waals surface area contributed by atoms with Crippen molar-refractivity contribution in [3.8, 4) is 0 Å². The molecule has 0 fully saturated rings. The Balaban J connectivity index is 1.74. The number of nitrogens with one attached hydrogen (secondary N) is 1. The lowest BCUT2D eigenvalue weighted by molar-refractivity contribution is 0.0602. The van der Waals surface area contributed by atoms with E-state index >= 15 is 0 Å². The molecule has 0 aliphatic carbocycles. The summed E-state index contributed by atoms with van der Waals surface area (Å²) in [6.07, 6.45) is 0.903. The minimum Gasteiger partial charge on any atom is -0.465 e. The fraction of sp³-hybridized carbons (Fsp3) is 0.0952. The van der Waals surface area contributed by atoms with Crippen LogP contribution in [0.15, 0.2) is 78.9 Å². The van der Waals surface area contributed by atoms with E-state index in [-0.39, 0.29) is 5.97 Å². The quantitative estimate of drug-likeness (QED) is 0.686. The van der Waals surface area contributed by atoms with Crippen molar-refractivity contribution in [3.63, 3.8) is 0 Å². The lowest BCUT2D eigenvalue weighted by Gasteiger charge is -2.11. The van der Waals surface area contributed by atoms with Gasteiger partial charge in [0.2, 0.25) is 0 Å². The fourth-order valence-corrected chi connectivity index (χ4v) is 2.57. The number of ether oxygens (including phenoxy) is 1. The molecule has 3 heteroatoms. The first-order valence-corrected chi connectivity index (χ1v) is 7.83. The molecule has 3 nitrogen and oxygen atoms in total. The highest BCUT2D eigenvalue weighted by Gasteiger charge is 2.10. The predicted molar refractivity (Wildman–Crippen MR) is 96.8 cm³/mol. The molecular formula is C21H19NO2. The summed E-state index contributed by atoms with van der Waals surface area (Å²) in [5, 5.41) is 3.28. The summed E-state index contributed by atoms with van der Waals surface area (Å²) in [5.74, 6) is -0.348. The van der Waals surface area contributed by atoms with E-state index in [0.717, 1.165) is 17.8 Å². The molecule has 0 bridgehead atoms. The second-order valence-corrected chi connectivity index (χ2v) is 5.52. The Labute approximate surface area is 141 Å². The lowest BCUT2D eigenvalue weighted by atomic mass is 10.0. The predicted octanol–water partition coefficient (Wildman–Crippen LogP) is 4.81. The number of hydrogen-bond donors (Lipinski definition) is 1. The van der Waals surface area contributed by atoms with Gasteiger partial charge in [0, 0.05) is 5.69 Å². The van der Waals surface area contributed by atoms with Crippen molar-refractivity contribution in [1.82, 2.24) is 0 Å². The molecule has 3 rings (SSSR count). The second kappa shape index (κ2) is 7.47. The Kier molecular flexibility index (Phi) is 4.92. The van der Waals surface area contributed by atoms with Gasteiger partial charge < -0.3 is 10.1 Å². The van der Waals surface area contributed by atoms with Crippen molar-refractivity contribution in [2.75, 3.05) is 12.4 Å². The van der Waals surface area contributed by atoms with Crippen molar-refractivity contribution < 1.29 is 9.53 Å². The van der Waals surface area contributed by atoms with Crippen molar-refractivity contribution in [3.05, 3.63) is 95.6 Å². The number of carbonyl (C=O) groups excluding carboxylic acids is 1. The van der Waals surface area contributed by atoms with Crippen LogP contribution in [-0.4, -0.2) is 13.1 Å². The molecule has 0 atom stereocenters. The van der Waals surface area contributed by atoms with Gasteiger partial charge in [-0.05, 0) is 41.8 Å². The topological polar surface area (TPSA) is 38.3 Å². The van der Waals surface area contributed by atoms with E-state index in [1.54, 1.807) is 6.07 Å². The number of esters is 1. The zero-order valence-corrected chi connectivity index (χ0v) is 13.5. The zero-order valence-electron chi connectivity index (χ0n) is 13.5. The largest absolute Gasteiger partial charge is 0.465 e. The van der Waals surface area contributed by atoms with Crippen LogP contribution in [0.2, 0.25) is 0 Å². The first kappa shape index (κ1) is 15.8. The zero-order chi connectivity index (χ0) is 16.8. The molecule has 1 N–H and O–H groups in total. The number of hydrogen-bond acceptors (Lipinski definition) is 3. The molecule has 0 aliphatic heterocycles. The molecule has 0 aliphatic rings. The first-order chi connectivity index (χ1) is 11.8. The molecular weight excluding hydrogens is 298 g/mol. The van der Waals surface area contributed by atoms with Gasteiger partial charge in [0.1, 0.15) is 0 Å². The average molecular weight is 317 g/mol. The summed E-state index contributed by atoms with van der Waals surface area (Å²) in [6.45, 7) is 0. The van der Waals surface area contributed by atoms with E-state index in [2.05, 4.69) is 41.7 Å². The minimum absolute atomic E-state index is 0.348. The molecule has 0 heterocycles. The van der Waals surface area contributed by atoms with E-state index in [4.69, 9.17) is 4.74 Å². The molecule has 3 aromatic carbocycles. The minimum atomic E-state index is -0.348. The van der Waals surface area contributed by atoms with Gasteiger partial charge in [-0.1, -0.05) is 54.6 Å². The van der Waals surface area contributed by atoms with Crippen LogP contribution >= 0.6 is 0 Å². The van der Waals surface area contributed by atoms with Crippen molar-refractivity contribution in [2.24, 2.45) is 0 Å². The monoisotopic (exact) mass is 317 g/mol. The Morgan fingerprint density at radius 2 is 1.46 bits per heavy atom. The third-order valence-corrected chi connectivity index (χ3v) is 3.82. The number of carbonyl (C=O) groups is 1. The molecule has 120 valence electrons. The normalized spacial score (nSPS) is 10.2. The maximum atomic E-state index is 11.8. The van der Waals surface area contributed by atoms with Gasteiger partial charge in [-0.3, -0.25) is 0 Å². The van der Waals surface area contributed by atoms with Crippen LogP contribution in [0.3, 0.4) is 0 Å². The summed E-state index contributed by atoms with van der Waals surface area (Å²) in [7, 11) is 1.39. The van der Waals surface area contributed by atoms with Gasteiger partial charge in [-0.25, -0.2) is 4.79 Å². The highest BCUT2D eigenvalue weighted by molar-refractivity contribution is 5.96. The third-order valence-electron chi connectivity index (χ3n) is 3.82. The standard InChI is InChI=1S/C21H19NO2/c1-24-21(23)19-9-5-6-10-20(19)22-18-13-11-17(12-14-18)15-16-7-3-2-4-8-16/h2-14,22H,15H2,1H3. The van der Waals surface area contributed by atoms with Crippen LogP contribution < -0.4 is 5.32 Å². The number of rotatable bonds is 5. The van der Waals surface area contributed by atoms with Gasteiger partial charge >= 0.3 is 5.97 Å². The smallest absolute Gasteiger partial charge is 0.339 e. The van der Waals surface area contributed by atoms with E-state index in [0.29, 0.717) is 5.56 Å².